The zero-order valence-electron chi connectivity index (χ0n) is 11.8. The summed E-state index contributed by atoms with van der Waals surface area (Å²) in [6.07, 6.45) is -1.68. The van der Waals surface area contributed by atoms with Crippen LogP contribution in [-0.2, 0) is 14.2 Å². The predicted octanol–water partition coefficient (Wildman–Crippen LogP) is 2.19. The molecule has 0 radical (unpaired) electrons. The SMILES string of the molecule is CCOC(=O)c1cc(NC(=O)OC)ccc1OC(=O)OC. The van der Waals surface area contributed by atoms with E-state index in [9.17, 15) is 14.4 Å². The van der Waals surface area contributed by atoms with E-state index >= 15 is 0 Å². The standard InChI is InChI=1S/C13H15NO7/c1-4-20-11(15)9-7-8(14-12(16)18-2)5-6-10(9)21-13(17)19-3/h5-7H,4H2,1-3H3,(H,14,16). The Kier molecular flexibility index (Phi) is 5.99. The fourth-order valence-corrected chi connectivity index (χ4v) is 1.37. The van der Waals surface area contributed by atoms with Crippen molar-refractivity contribution in [3.05, 3.63) is 23.8 Å². The molecule has 0 spiro atoms. The minimum atomic E-state index is -0.978. The zero-order valence-corrected chi connectivity index (χ0v) is 11.8. The van der Waals surface area contributed by atoms with Gasteiger partial charge in [0.15, 0.2) is 0 Å². The molecule has 0 saturated heterocycles. The van der Waals surface area contributed by atoms with Crippen LogP contribution in [0.25, 0.3) is 0 Å². The average Bonchev–Trinajstić information content (AvgIpc) is 2.48. The van der Waals surface area contributed by atoms with Crippen LogP contribution < -0.4 is 10.1 Å². The third kappa shape index (κ3) is 4.68. The van der Waals surface area contributed by atoms with E-state index in [1.807, 2.05) is 0 Å². The summed E-state index contributed by atoms with van der Waals surface area (Å²) in [5.74, 6) is -0.749. The normalized spacial score (nSPS) is 9.48. The highest BCUT2D eigenvalue weighted by atomic mass is 16.7. The highest BCUT2D eigenvalue weighted by Gasteiger charge is 2.18. The van der Waals surface area contributed by atoms with Crippen molar-refractivity contribution in [2.45, 2.75) is 6.92 Å². The number of carbonyl (C=O) groups is 3. The van der Waals surface area contributed by atoms with Crippen LogP contribution in [0.5, 0.6) is 5.75 Å². The summed E-state index contributed by atoms with van der Waals surface area (Å²) in [4.78, 5) is 34.1. The fourth-order valence-electron chi connectivity index (χ4n) is 1.37. The lowest BCUT2D eigenvalue weighted by atomic mass is 10.1. The first-order valence-electron chi connectivity index (χ1n) is 5.93. The number of carbonyl (C=O) groups excluding carboxylic acids is 3. The molecule has 0 bridgehead atoms. The van der Waals surface area contributed by atoms with Gasteiger partial charge in [0, 0.05) is 5.69 Å². The molecule has 0 fully saturated rings. The molecule has 0 atom stereocenters. The van der Waals surface area contributed by atoms with E-state index in [1.165, 1.54) is 25.3 Å². The molecule has 0 aromatic heterocycles. The van der Waals surface area contributed by atoms with Crippen LogP contribution in [0, 0.1) is 0 Å². The van der Waals surface area contributed by atoms with Gasteiger partial charge in [0.05, 0.1) is 20.8 Å². The summed E-state index contributed by atoms with van der Waals surface area (Å²) in [7, 11) is 2.34. The van der Waals surface area contributed by atoms with Crippen LogP contribution >= 0.6 is 0 Å². The molecule has 1 aromatic carbocycles. The summed E-state index contributed by atoms with van der Waals surface area (Å²) in [6, 6.07) is 4.06. The highest BCUT2D eigenvalue weighted by Crippen LogP contribution is 2.24. The van der Waals surface area contributed by atoms with Gasteiger partial charge in [-0.1, -0.05) is 0 Å². The third-order valence-electron chi connectivity index (χ3n) is 2.27. The van der Waals surface area contributed by atoms with Crippen molar-refractivity contribution >= 4 is 23.9 Å². The maximum absolute atomic E-state index is 11.8. The summed E-state index contributed by atoms with van der Waals surface area (Å²) in [5.41, 5.74) is 0.248. The van der Waals surface area contributed by atoms with Crippen LogP contribution in [0.15, 0.2) is 18.2 Å². The number of amides is 1. The number of anilines is 1. The number of benzene rings is 1. The lowest BCUT2D eigenvalue weighted by Gasteiger charge is -2.11. The van der Waals surface area contributed by atoms with Gasteiger partial charge in [-0.15, -0.1) is 0 Å². The molecule has 8 heteroatoms. The minimum absolute atomic E-state index is 0.0313. The Morgan fingerprint density at radius 2 is 1.86 bits per heavy atom. The van der Waals surface area contributed by atoms with E-state index in [4.69, 9.17) is 9.47 Å². The van der Waals surface area contributed by atoms with Gasteiger partial charge in [0.2, 0.25) is 0 Å². The topological polar surface area (TPSA) is 100 Å². The Morgan fingerprint density at radius 1 is 1.14 bits per heavy atom. The molecular weight excluding hydrogens is 282 g/mol. The van der Waals surface area contributed by atoms with Crippen molar-refractivity contribution in [3.8, 4) is 5.75 Å². The Hall–Kier alpha value is -2.77. The van der Waals surface area contributed by atoms with E-state index < -0.39 is 18.2 Å². The molecule has 0 aliphatic rings. The number of nitrogens with one attached hydrogen (secondary N) is 1. The lowest BCUT2D eigenvalue weighted by molar-refractivity contribution is 0.0521. The molecule has 0 heterocycles. The van der Waals surface area contributed by atoms with Gasteiger partial charge in [0.1, 0.15) is 11.3 Å². The maximum Gasteiger partial charge on any atom is 0.513 e. The molecule has 1 aromatic rings. The van der Waals surface area contributed by atoms with Gasteiger partial charge < -0.3 is 18.9 Å². The first-order valence-corrected chi connectivity index (χ1v) is 5.93. The number of esters is 1. The predicted molar refractivity (Wildman–Crippen MR) is 71.5 cm³/mol. The monoisotopic (exact) mass is 297 g/mol. The average molecular weight is 297 g/mol. The Balaban J connectivity index is 3.09. The number of rotatable bonds is 4. The zero-order chi connectivity index (χ0) is 15.8. The second-order valence-corrected chi connectivity index (χ2v) is 3.60. The van der Waals surface area contributed by atoms with Crippen molar-refractivity contribution in [2.75, 3.05) is 26.1 Å². The molecule has 8 nitrogen and oxygen atoms in total. The number of ether oxygens (including phenoxy) is 4. The number of hydrogen-bond acceptors (Lipinski definition) is 7. The molecule has 1 N–H and O–H groups in total. The molecule has 0 saturated carbocycles. The molecule has 1 amide bonds. The van der Waals surface area contributed by atoms with Crippen molar-refractivity contribution in [1.29, 1.82) is 0 Å². The Morgan fingerprint density at radius 3 is 2.43 bits per heavy atom. The number of methoxy groups -OCH3 is 2. The quantitative estimate of drug-likeness (QED) is 0.516. The largest absolute Gasteiger partial charge is 0.513 e. The van der Waals surface area contributed by atoms with Crippen LogP contribution in [0.2, 0.25) is 0 Å². The first kappa shape index (κ1) is 16.3. The summed E-state index contributed by atoms with van der Waals surface area (Å²) in [5, 5.41) is 2.38. The van der Waals surface area contributed by atoms with E-state index in [0.29, 0.717) is 0 Å². The van der Waals surface area contributed by atoms with E-state index in [0.717, 1.165) is 7.11 Å². The maximum atomic E-state index is 11.8. The van der Waals surface area contributed by atoms with E-state index in [-0.39, 0.29) is 23.6 Å². The van der Waals surface area contributed by atoms with Crippen molar-refractivity contribution in [2.24, 2.45) is 0 Å². The lowest BCUT2D eigenvalue weighted by Crippen LogP contribution is -2.15. The summed E-state index contributed by atoms with van der Waals surface area (Å²) in [6.45, 7) is 1.78. The van der Waals surface area contributed by atoms with Gasteiger partial charge >= 0.3 is 18.2 Å². The smallest absolute Gasteiger partial charge is 0.462 e. The molecule has 0 aliphatic carbocycles. The van der Waals surface area contributed by atoms with Gasteiger partial charge in [-0.3, -0.25) is 5.32 Å². The van der Waals surface area contributed by atoms with Crippen LogP contribution in [-0.4, -0.2) is 39.0 Å². The summed E-state index contributed by atoms with van der Waals surface area (Å²) >= 11 is 0. The van der Waals surface area contributed by atoms with Crippen LogP contribution in [0.4, 0.5) is 15.3 Å². The van der Waals surface area contributed by atoms with Crippen LogP contribution in [0.1, 0.15) is 17.3 Å². The van der Waals surface area contributed by atoms with Gasteiger partial charge in [-0.05, 0) is 25.1 Å². The van der Waals surface area contributed by atoms with Crippen molar-refractivity contribution < 1.29 is 33.3 Å². The van der Waals surface area contributed by atoms with E-state index in [2.05, 4.69) is 14.8 Å². The molecule has 0 unspecified atom stereocenters. The fraction of sp³-hybridized carbons (Fsp3) is 0.308. The third-order valence-corrected chi connectivity index (χ3v) is 2.27. The first-order chi connectivity index (χ1) is 10.0. The Labute approximate surface area is 120 Å². The highest BCUT2D eigenvalue weighted by molar-refractivity contribution is 5.95. The molecule has 1 rings (SSSR count). The molecule has 21 heavy (non-hydrogen) atoms. The van der Waals surface area contributed by atoms with Crippen molar-refractivity contribution in [1.82, 2.24) is 0 Å². The minimum Gasteiger partial charge on any atom is -0.462 e. The molecule has 0 aliphatic heterocycles. The summed E-state index contributed by atoms with van der Waals surface area (Å²) < 4.78 is 18.5. The molecular formula is C13H15NO7. The van der Waals surface area contributed by atoms with E-state index in [1.54, 1.807) is 6.92 Å². The van der Waals surface area contributed by atoms with Gasteiger partial charge in [-0.25, -0.2) is 14.4 Å². The van der Waals surface area contributed by atoms with Gasteiger partial charge in [-0.2, -0.15) is 0 Å². The number of hydrogen-bond donors (Lipinski definition) is 1. The van der Waals surface area contributed by atoms with Gasteiger partial charge in [0.25, 0.3) is 0 Å². The van der Waals surface area contributed by atoms with Crippen molar-refractivity contribution in [3.63, 3.8) is 0 Å². The Bertz CT molecular complexity index is 541. The second-order valence-electron chi connectivity index (χ2n) is 3.60. The van der Waals surface area contributed by atoms with Crippen LogP contribution in [0.3, 0.4) is 0 Å². The second kappa shape index (κ2) is 7.73. The molecule has 114 valence electrons.